The van der Waals surface area contributed by atoms with Gasteiger partial charge in [-0.2, -0.15) is 18.3 Å². The van der Waals surface area contributed by atoms with E-state index >= 15 is 0 Å². The highest BCUT2D eigenvalue weighted by atomic mass is 35.5. The molecule has 0 spiro atoms. The van der Waals surface area contributed by atoms with Crippen LogP contribution in [-0.2, 0) is 6.54 Å². The van der Waals surface area contributed by atoms with Gasteiger partial charge < -0.3 is 10.2 Å². The van der Waals surface area contributed by atoms with Crippen molar-refractivity contribution in [3.05, 3.63) is 82.3 Å². The molecule has 1 aromatic heterocycles. The van der Waals surface area contributed by atoms with Crippen LogP contribution in [0.1, 0.15) is 40.1 Å². The SMILES string of the molecule is O=C(c1nn2c(c1Cl)N[C@@H](c1ccc(F)cc1)C[C@@H]2C(F)(F)F)N1CCN(Cc2ccccc2)CC1. The first kappa shape index (κ1) is 24.6. The van der Waals surface area contributed by atoms with Gasteiger partial charge in [0, 0.05) is 39.1 Å². The van der Waals surface area contributed by atoms with Gasteiger partial charge in [0.1, 0.15) is 16.7 Å². The highest BCUT2D eigenvalue weighted by molar-refractivity contribution is 6.36. The first-order valence-electron chi connectivity index (χ1n) is 11.6. The Kier molecular flexibility index (Phi) is 6.65. The summed E-state index contributed by atoms with van der Waals surface area (Å²) in [4.78, 5) is 17.0. The lowest BCUT2D eigenvalue weighted by Gasteiger charge is -2.34. The van der Waals surface area contributed by atoms with E-state index in [-0.39, 0.29) is 23.0 Å². The first-order valence-corrected chi connectivity index (χ1v) is 12.0. The number of nitrogens with one attached hydrogen (secondary N) is 1. The zero-order chi connectivity index (χ0) is 25.4. The molecule has 190 valence electrons. The Bertz CT molecular complexity index is 1220. The zero-order valence-corrected chi connectivity index (χ0v) is 19.9. The van der Waals surface area contributed by atoms with Gasteiger partial charge in [-0.3, -0.25) is 9.69 Å². The van der Waals surface area contributed by atoms with E-state index in [2.05, 4.69) is 15.3 Å². The molecule has 0 bridgehead atoms. The van der Waals surface area contributed by atoms with E-state index in [0.29, 0.717) is 31.7 Å². The molecule has 0 radical (unpaired) electrons. The molecule has 6 nitrogen and oxygen atoms in total. The van der Waals surface area contributed by atoms with Crippen molar-refractivity contribution >= 4 is 23.3 Å². The van der Waals surface area contributed by atoms with E-state index in [1.165, 1.54) is 29.8 Å². The highest BCUT2D eigenvalue weighted by Crippen LogP contribution is 2.46. The van der Waals surface area contributed by atoms with Gasteiger partial charge in [-0.1, -0.05) is 54.1 Å². The number of alkyl halides is 3. The van der Waals surface area contributed by atoms with Gasteiger partial charge in [-0.25, -0.2) is 9.07 Å². The summed E-state index contributed by atoms with van der Waals surface area (Å²) in [6, 6.07) is 12.5. The molecule has 11 heteroatoms. The molecule has 1 N–H and O–H groups in total. The van der Waals surface area contributed by atoms with E-state index in [0.717, 1.165) is 11.2 Å². The molecule has 3 aromatic rings. The van der Waals surface area contributed by atoms with Crippen LogP contribution in [0.3, 0.4) is 0 Å². The summed E-state index contributed by atoms with van der Waals surface area (Å²) in [6.07, 6.45) is -4.99. The standard InChI is InChI=1S/C25H24ClF4N5O/c26-21-22(24(36)34-12-10-33(11-13-34)15-16-4-2-1-3-5-16)32-35-20(25(28,29)30)14-19(31-23(21)35)17-6-8-18(27)9-7-17/h1-9,19-20,31H,10-15H2/t19-,20-/m1/s1. The van der Waals surface area contributed by atoms with E-state index < -0.39 is 30.0 Å². The van der Waals surface area contributed by atoms with Gasteiger partial charge in [0.15, 0.2) is 11.7 Å². The third kappa shape index (κ3) is 4.92. The monoisotopic (exact) mass is 521 g/mol. The van der Waals surface area contributed by atoms with Crippen molar-refractivity contribution < 1.29 is 22.4 Å². The van der Waals surface area contributed by atoms with Crippen LogP contribution in [-0.4, -0.2) is 57.8 Å². The summed E-state index contributed by atoms with van der Waals surface area (Å²) in [5, 5.41) is 6.88. The lowest BCUT2D eigenvalue weighted by atomic mass is 9.97. The van der Waals surface area contributed by atoms with Gasteiger partial charge in [0.2, 0.25) is 0 Å². The fraction of sp³-hybridized carbons (Fsp3) is 0.360. The number of benzene rings is 2. The summed E-state index contributed by atoms with van der Waals surface area (Å²) in [6.45, 7) is 2.84. The minimum absolute atomic E-state index is 0.0642. The van der Waals surface area contributed by atoms with Gasteiger partial charge in [-0.05, 0) is 23.3 Å². The molecule has 0 saturated carbocycles. The van der Waals surface area contributed by atoms with E-state index in [9.17, 15) is 22.4 Å². The number of aromatic nitrogens is 2. The van der Waals surface area contributed by atoms with Crippen molar-refractivity contribution in [3.63, 3.8) is 0 Å². The number of anilines is 1. The van der Waals surface area contributed by atoms with Crippen molar-refractivity contribution in [2.45, 2.75) is 31.2 Å². The van der Waals surface area contributed by atoms with Crippen LogP contribution in [0.15, 0.2) is 54.6 Å². The molecule has 2 aromatic carbocycles. The number of carbonyl (C=O) groups excluding carboxylic acids is 1. The maximum absolute atomic E-state index is 14.0. The molecular formula is C25H24ClF4N5O. The number of fused-ring (bicyclic) bond motifs is 1. The molecule has 3 heterocycles. The minimum Gasteiger partial charge on any atom is -0.362 e. The summed E-state index contributed by atoms with van der Waals surface area (Å²) in [5.41, 5.74) is 1.45. The van der Waals surface area contributed by atoms with Crippen LogP contribution in [0.4, 0.5) is 23.4 Å². The molecule has 1 saturated heterocycles. The summed E-state index contributed by atoms with van der Waals surface area (Å²) < 4.78 is 56.1. The van der Waals surface area contributed by atoms with Gasteiger partial charge >= 0.3 is 6.18 Å². The second kappa shape index (κ2) is 9.74. The number of piperazine rings is 1. The number of nitrogens with zero attached hydrogens (tertiary/aromatic N) is 4. The Balaban J connectivity index is 1.35. The van der Waals surface area contributed by atoms with Gasteiger partial charge in [0.25, 0.3) is 5.91 Å². The highest BCUT2D eigenvalue weighted by Gasteiger charge is 2.48. The van der Waals surface area contributed by atoms with Crippen LogP contribution >= 0.6 is 11.6 Å². The molecule has 0 aliphatic carbocycles. The van der Waals surface area contributed by atoms with Crippen molar-refractivity contribution in [2.75, 3.05) is 31.5 Å². The Morgan fingerprint density at radius 1 is 1.03 bits per heavy atom. The van der Waals surface area contributed by atoms with Gasteiger partial charge in [0.05, 0.1) is 6.04 Å². The van der Waals surface area contributed by atoms with Crippen molar-refractivity contribution in [1.29, 1.82) is 0 Å². The third-order valence-electron chi connectivity index (χ3n) is 6.68. The maximum atomic E-state index is 14.0. The molecular weight excluding hydrogens is 498 g/mol. The number of amides is 1. The maximum Gasteiger partial charge on any atom is 0.410 e. The molecule has 2 atom stereocenters. The molecule has 2 aliphatic rings. The number of hydrogen-bond donors (Lipinski definition) is 1. The molecule has 36 heavy (non-hydrogen) atoms. The first-order chi connectivity index (χ1) is 17.2. The largest absolute Gasteiger partial charge is 0.410 e. The van der Waals surface area contributed by atoms with Gasteiger partial charge in [-0.15, -0.1) is 0 Å². The molecule has 2 aliphatic heterocycles. The molecule has 1 amide bonds. The van der Waals surface area contributed by atoms with Crippen molar-refractivity contribution in [1.82, 2.24) is 19.6 Å². The third-order valence-corrected chi connectivity index (χ3v) is 7.04. The van der Waals surface area contributed by atoms with E-state index in [1.54, 1.807) is 4.90 Å². The Labute approximate surface area is 210 Å². The number of halogens is 5. The number of hydrogen-bond acceptors (Lipinski definition) is 4. The Morgan fingerprint density at radius 2 is 1.69 bits per heavy atom. The average molecular weight is 522 g/mol. The fourth-order valence-electron chi connectivity index (χ4n) is 4.74. The normalized spacial score (nSPS) is 20.6. The molecule has 0 unspecified atom stereocenters. The van der Waals surface area contributed by atoms with E-state index in [1.807, 2.05) is 30.3 Å². The van der Waals surface area contributed by atoms with Crippen LogP contribution in [0.2, 0.25) is 5.02 Å². The van der Waals surface area contributed by atoms with E-state index in [4.69, 9.17) is 11.6 Å². The van der Waals surface area contributed by atoms with Crippen LogP contribution in [0, 0.1) is 5.82 Å². The minimum atomic E-state index is -4.62. The summed E-state index contributed by atoms with van der Waals surface area (Å²) in [5.74, 6) is -1.05. The lowest BCUT2D eigenvalue weighted by Crippen LogP contribution is -2.48. The summed E-state index contributed by atoms with van der Waals surface area (Å²) in [7, 11) is 0. The van der Waals surface area contributed by atoms with Crippen LogP contribution < -0.4 is 5.32 Å². The summed E-state index contributed by atoms with van der Waals surface area (Å²) >= 11 is 6.45. The second-order valence-corrected chi connectivity index (χ2v) is 9.43. The van der Waals surface area contributed by atoms with Crippen LogP contribution in [0.5, 0.6) is 0 Å². The Morgan fingerprint density at radius 3 is 2.33 bits per heavy atom. The molecule has 1 fully saturated rings. The predicted octanol–water partition coefficient (Wildman–Crippen LogP) is 5.29. The van der Waals surface area contributed by atoms with Crippen molar-refractivity contribution in [3.8, 4) is 0 Å². The topological polar surface area (TPSA) is 53.4 Å². The lowest BCUT2D eigenvalue weighted by molar-refractivity contribution is -0.173. The Hall–Kier alpha value is -3.11. The van der Waals surface area contributed by atoms with Crippen molar-refractivity contribution in [2.24, 2.45) is 0 Å². The predicted molar refractivity (Wildman–Crippen MR) is 127 cm³/mol. The molecule has 5 rings (SSSR count). The number of carbonyl (C=O) groups is 1. The van der Waals surface area contributed by atoms with Crippen LogP contribution in [0.25, 0.3) is 0 Å². The second-order valence-electron chi connectivity index (χ2n) is 9.05. The smallest absolute Gasteiger partial charge is 0.362 e. The average Bonchev–Trinajstić information content (AvgIpc) is 3.20. The fourth-order valence-corrected chi connectivity index (χ4v) is 5.00. The quantitative estimate of drug-likeness (QED) is 0.474. The number of rotatable bonds is 4. The zero-order valence-electron chi connectivity index (χ0n) is 19.2.